The number of nitrogens with one attached hydrogen (secondary N) is 1. The molecule has 0 radical (unpaired) electrons. The van der Waals surface area contributed by atoms with E-state index in [2.05, 4.69) is 60.3 Å². The lowest BCUT2D eigenvalue weighted by Crippen LogP contribution is -2.42. The lowest BCUT2D eigenvalue weighted by atomic mass is 9.86. The van der Waals surface area contributed by atoms with E-state index in [-0.39, 0.29) is 28.2 Å². The van der Waals surface area contributed by atoms with Crippen LogP contribution in [-0.4, -0.2) is 46.7 Å². The summed E-state index contributed by atoms with van der Waals surface area (Å²) in [5.41, 5.74) is 4.35. The summed E-state index contributed by atoms with van der Waals surface area (Å²) in [6, 6.07) is 12.8. The molecule has 0 saturated heterocycles. The fourth-order valence-corrected chi connectivity index (χ4v) is 5.69. The van der Waals surface area contributed by atoms with Crippen LogP contribution in [0.4, 0.5) is 0 Å². The number of hydrogen-bond donors (Lipinski definition) is 2. The lowest BCUT2D eigenvalue weighted by molar-refractivity contribution is -0.139. The quantitative estimate of drug-likeness (QED) is 0.321. The van der Waals surface area contributed by atoms with Crippen LogP contribution in [0.25, 0.3) is 16.7 Å². The van der Waals surface area contributed by atoms with Crippen LogP contribution in [0.5, 0.6) is 0 Å². The lowest BCUT2D eigenvalue weighted by Gasteiger charge is -2.21. The van der Waals surface area contributed by atoms with Crippen LogP contribution in [-0.2, 0) is 20.0 Å². The zero-order valence-corrected chi connectivity index (χ0v) is 25.4. The first kappa shape index (κ1) is 30.8. The van der Waals surface area contributed by atoms with Gasteiger partial charge in [-0.3, -0.25) is 4.79 Å². The Hall–Kier alpha value is -4.11. The normalized spacial score (nSPS) is 16.1. The molecule has 1 aliphatic rings. The van der Waals surface area contributed by atoms with E-state index >= 15 is 0 Å². The molecule has 1 unspecified atom stereocenters. The number of nitrogens with zero attached hydrogens (tertiary/aromatic N) is 2. The Morgan fingerprint density at radius 1 is 0.976 bits per heavy atom. The van der Waals surface area contributed by atoms with Crippen LogP contribution < -0.4 is 5.32 Å². The first-order chi connectivity index (χ1) is 19.8. The number of aromatic nitrogens is 2. The van der Waals surface area contributed by atoms with Gasteiger partial charge in [0.1, 0.15) is 6.04 Å². The Kier molecular flexibility index (Phi) is 9.11. The summed E-state index contributed by atoms with van der Waals surface area (Å²) in [5.74, 6) is -1.23. The Balaban J connectivity index is 1.36. The van der Waals surface area contributed by atoms with Crippen molar-refractivity contribution in [2.45, 2.75) is 69.1 Å². The number of carboxylic acid groups (broad SMARTS) is 1. The number of benzene rings is 2. The molecule has 42 heavy (non-hydrogen) atoms. The van der Waals surface area contributed by atoms with Crippen LogP contribution in [0.1, 0.15) is 69.2 Å². The second-order valence-electron chi connectivity index (χ2n) is 11.9. The maximum Gasteiger partial charge on any atom is 0.326 e. The Bertz CT molecular complexity index is 1600. The van der Waals surface area contributed by atoms with Gasteiger partial charge in [0.15, 0.2) is 15.7 Å². The Labute approximate surface area is 247 Å². The number of sulfone groups is 1. The maximum absolute atomic E-state index is 12.8. The topological polar surface area (TPSA) is 126 Å². The van der Waals surface area contributed by atoms with Crippen molar-refractivity contribution in [2.75, 3.05) is 0 Å². The predicted octanol–water partition coefficient (Wildman–Crippen LogP) is 5.86. The van der Waals surface area contributed by atoms with E-state index in [0.29, 0.717) is 12.2 Å². The highest BCUT2D eigenvalue weighted by molar-refractivity contribution is 7.92. The van der Waals surface area contributed by atoms with Crippen molar-refractivity contribution in [1.82, 2.24) is 15.3 Å². The number of carbonyl (C=O) groups excluding carboxylic acids is 1. The summed E-state index contributed by atoms with van der Waals surface area (Å²) in [6.07, 6.45) is 10.2. The second-order valence-corrected chi connectivity index (χ2v) is 14.4. The molecule has 2 atom stereocenters. The zero-order chi connectivity index (χ0) is 30.7. The summed E-state index contributed by atoms with van der Waals surface area (Å²) < 4.78 is 24.7. The number of rotatable bonds is 9. The minimum atomic E-state index is -3.47. The molecule has 0 spiro atoms. The van der Waals surface area contributed by atoms with Crippen molar-refractivity contribution >= 4 is 27.3 Å². The third-order valence-corrected chi connectivity index (χ3v) is 9.56. The Morgan fingerprint density at radius 3 is 2.10 bits per heavy atom. The first-order valence-corrected chi connectivity index (χ1v) is 15.5. The van der Waals surface area contributed by atoms with Gasteiger partial charge in [-0.2, -0.15) is 0 Å². The van der Waals surface area contributed by atoms with Gasteiger partial charge in [0.2, 0.25) is 0 Å². The van der Waals surface area contributed by atoms with Gasteiger partial charge in [0, 0.05) is 29.1 Å². The number of carboxylic acids is 1. The molecule has 1 heterocycles. The van der Waals surface area contributed by atoms with Gasteiger partial charge in [-0.15, -0.1) is 0 Å². The summed E-state index contributed by atoms with van der Waals surface area (Å²) in [6.45, 7) is 9.71. The van der Waals surface area contributed by atoms with Crippen molar-refractivity contribution in [1.29, 1.82) is 0 Å². The minimum absolute atomic E-state index is 0.0826. The summed E-state index contributed by atoms with van der Waals surface area (Å²) >= 11 is 0. The van der Waals surface area contributed by atoms with E-state index in [4.69, 9.17) is 0 Å². The molecular formula is C33H37N3O5S. The molecule has 4 rings (SSSR count). The fourth-order valence-electron chi connectivity index (χ4n) is 4.63. The van der Waals surface area contributed by atoms with E-state index in [0.717, 1.165) is 16.7 Å². The molecule has 3 aromatic rings. The maximum atomic E-state index is 12.8. The average Bonchev–Trinajstić information content (AvgIpc) is 2.97. The zero-order valence-electron chi connectivity index (χ0n) is 24.5. The van der Waals surface area contributed by atoms with Gasteiger partial charge in [0.05, 0.1) is 10.1 Å². The molecule has 0 bridgehead atoms. The minimum Gasteiger partial charge on any atom is -0.480 e. The van der Waals surface area contributed by atoms with Gasteiger partial charge < -0.3 is 10.4 Å². The van der Waals surface area contributed by atoms with Gasteiger partial charge in [-0.25, -0.2) is 23.2 Å². The first-order valence-electron chi connectivity index (χ1n) is 13.9. The third-order valence-electron chi connectivity index (χ3n) is 7.39. The van der Waals surface area contributed by atoms with E-state index in [1.54, 1.807) is 26.2 Å². The van der Waals surface area contributed by atoms with E-state index in [1.165, 1.54) is 29.8 Å². The molecule has 9 heteroatoms. The van der Waals surface area contributed by atoms with Crippen molar-refractivity contribution < 1.29 is 23.1 Å². The third kappa shape index (κ3) is 7.20. The van der Waals surface area contributed by atoms with Crippen LogP contribution in [0.15, 0.2) is 84.0 Å². The molecule has 2 N–H and O–H groups in total. The summed E-state index contributed by atoms with van der Waals surface area (Å²) in [5, 5.41) is 11.7. The van der Waals surface area contributed by atoms with Crippen molar-refractivity contribution in [3.8, 4) is 11.1 Å². The molecule has 1 aliphatic carbocycles. The number of allylic oxidation sites excluding steroid dienone is 4. The molecule has 0 saturated carbocycles. The molecule has 220 valence electrons. The highest BCUT2D eigenvalue weighted by Gasteiger charge is 2.26. The van der Waals surface area contributed by atoms with Gasteiger partial charge in [0.25, 0.3) is 5.91 Å². The average molecular weight is 588 g/mol. The highest BCUT2D eigenvalue weighted by atomic mass is 32.2. The number of carbonyl (C=O) groups is 2. The largest absolute Gasteiger partial charge is 0.480 e. The molecule has 0 aliphatic heterocycles. The van der Waals surface area contributed by atoms with Crippen LogP contribution in [0.3, 0.4) is 0 Å². The van der Waals surface area contributed by atoms with Crippen molar-refractivity contribution in [3.63, 3.8) is 0 Å². The van der Waals surface area contributed by atoms with E-state index in [1.807, 2.05) is 18.2 Å². The molecule has 2 aromatic carbocycles. The predicted molar refractivity (Wildman–Crippen MR) is 164 cm³/mol. The SMILES string of the molecule is CC(C)S(=O)(=O)c1ccc(C(=O)N[C@@H](CC2C=CC(c3ncc(-c4ccc(C(C)(C)C)cc4)cn3)=CC2)C(=O)O)cc1. The van der Waals surface area contributed by atoms with E-state index in [9.17, 15) is 23.1 Å². The molecule has 0 fully saturated rings. The highest BCUT2D eigenvalue weighted by Crippen LogP contribution is 2.28. The molecule has 8 nitrogen and oxygen atoms in total. The second kappa shape index (κ2) is 12.4. The summed E-state index contributed by atoms with van der Waals surface area (Å²) in [7, 11) is -3.47. The molecular weight excluding hydrogens is 550 g/mol. The fraction of sp³-hybridized carbons (Fsp3) is 0.333. The number of amides is 1. The van der Waals surface area contributed by atoms with Crippen LogP contribution >= 0.6 is 0 Å². The van der Waals surface area contributed by atoms with Crippen LogP contribution in [0, 0.1) is 5.92 Å². The number of hydrogen-bond acceptors (Lipinski definition) is 6. The van der Waals surface area contributed by atoms with Crippen molar-refractivity contribution in [2.24, 2.45) is 5.92 Å². The smallest absolute Gasteiger partial charge is 0.326 e. The van der Waals surface area contributed by atoms with Gasteiger partial charge in [-0.05, 0) is 73.4 Å². The standard InChI is InChI=1S/C33H37N3O5S/c1-21(2)42(40,41)28-16-12-25(13-17-28)31(37)36-29(32(38)39)18-22-6-8-24(9-7-22)30-34-19-26(20-35-30)23-10-14-27(15-11-23)33(3,4)5/h6,8-17,19-22,29H,7,18H2,1-5H3,(H,36,37)(H,38,39)/t22?,29-/m0/s1. The van der Waals surface area contributed by atoms with Crippen LogP contribution in [0.2, 0.25) is 0 Å². The van der Waals surface area contributed by atoms with Crippen molar-refractivity contribution in [3.05, 3.63) is 96.1 Å². The molecule has 1 aromatic heterocycles. The molecule has 1 amide bonds. The van der Waals surface area contributed by atoms with Gasteiger partial charge in [-0.1, -0.05) is 63.3 Å². The van der Waals surface area contributed by atoms with Gasteiger partial charge >= 0.3 is 5.97 Å². The summed E-state index contributed by atoms with van der Waals surface area (Å²) in [4.78, 5) is 33.9. The Morgan fingerprint density at radius 2 is 1.60 bits per heavy atom. The number of aliphatic carboxylic acids is 1. The monoisotopic (exact) mass is 587 g/mol. The van der Waals surface area contributed by atoms with E-state index < -0.39 is 33.0 Å².